The number of aliphatic imine (C=N–C) groups is 1. The van der Waals surface area contributed by atoms with Crippen molar-refractivity contribution >= 4 is 11.5 Å². The third-order valence-electron chi connectivity index (χ3n) is 5.32. The van der Waals surface area contributed by atoms with Crippen molar-refractivity contribution in [3.63, 3.8) is 0 Å². The number of amidine groups is 1. The van der Waals surface area contributed by atoms with Crippen LogP contribution < -0.4 is 4.74 Å². The molecule has 3 aromatic rings. The van der Waals surface area contributed by atoms with Gasteiger partial charge in [0.15, 0.2) is 5.84 Å². The summed E-state index contributed by atoms with van der Waals surface area (Å²) in [6, 6.07) is 28.5. The molecule has 0 aromatic heterocycles. The summed E-state index contributed by atoms with van der Waals surface area (Å²) in [5.41, 5.74) is 3.23. The number of hydrogen-bond acceptors (Lipinski definition) is 3. The van der Waals surface area contributed by atoms with E-state index >= 15 is 0 Å². The molecule has 0 amide bonds. The fourth-order valence-electron chi connectivity index (χ4n) is 3.57. The van der Waals surface area contributed by atoms with Crippen LogP contribution in [0.1, 0.15) is 11.1 Å². The molecule has 3 aromatic carbocycles. The van der Waals surface area contributed by atoms with E-state index in [0.717, 1.165) is 55.6 Å². The highest BCUT2D eigenvalue weighted by Gasteiger charge is 2.19. The SMILES string of the molecule is COc1ccc(N=C(C#Cc2ccccc2)N2CCN(Cc3ccccc3)CC2)cc1. The van der Waals surface area contributed by atoms with Crippen molar-refractivity contribution in [3.8, 4) is 17.6 Å². The van der Waals surface area contributed by atoms with Crippen molar-refractivity contribution in [1.82, 2.24) is 9.80 Å². The van der Waals surface area contributed by atoms with Gasteiger partial charge in [-0.25, -0.2) is 4.99 Å². The van der Waals surface area contributed by atoms with Gasteiger partial charge < -0.3 is 9.64 Å². The van der Waals surface area contributed by atoms with Crippen LogP contribution in [0, 0.1) is 11.8 Å². The highest BCUT2D eigenvalue weighted by atomic mass is 16.5. The zero-order valence-electron chi connectivity index (χ0n) is 17.9. The van der Waals surface area contributed by atoms with Gasteiger partial charge in [-0.15, -0.1) is 0 Å². The van der Waals surface area contributed by atoms with E-state index in [1.807, 2.05) is 54.6 Å². The average Bonchev–Trinajstić information content (AvgIpc) is 2.84. The van der Waals surface area contributed by atoms with E-state index in [2.05, 4.69) is 52.0 Å². The second-order valence-electron chi connectivity index (χ2n) is 7.50. The first-order valence-electron chi connectivity index (χ1n) is 10.6. The minimum absolute atomic E-state index is 0.813. The van der Waals surface area contributed by atoms with Crippen LogP contribution in [0.25, 0.3) is 0 Å². The van der Waals surface area contributed by atoms with Crippen molar-refractivity contribution in [2.75, 3.05) is 33.3 Å². The first-order valence-corrected chi connectivity index (χ1v) is 10.6. The molecule has 1 aliphatic rings. The Bertz CT molecular complexity index is 1040. The summed E-state index contributed by atoms with van der Waals surface area (Å²) >= 11 is 0. The average molecular weight is 410 g/mol. The van der Waals surface area contributed by atoms with E-state index in [9.17, 15) is 0 Å². The normalized spacial score (nSPS) is 14.6. The number of benzene rings is 3. The zero-order chi connectivity index (χ0) is 21.3. The molecule has 1 saturated heterocycles. The van der Waals surface area contributed by atoms with Gasteiger partial charge >= 0.3 is 0 Å². The first-order chi connectivity index (χ1) is 15.3. The predicted molar refractivity (Wildman–Crippen MR) is 127 cm³/mol. The highest BCUT2D eigenvalue weighted by molar-refractivity contribution is 6.00. The van der Waals surface area contributed by atoms with Crippen molar-refractivity contribution in [2.24, 2.45) is 4.99 Å². The zero-order valence-corrected chi connectivity index (χ0v) is 17.9. The molecule has 0 bridgehead atoms. The molecule has 31 heavy (non-hydrogen) atoms. The van der Waals surface area contributed by atoms with Crippen LogP contribution >= 0.6 is 0 Å². The lowest BCUT2D eigenvalue weighted by molar-refractivity contribution is 0.176. The molecule has 4 heteroatoms. The molecular weight excluding hydrogens is 382 g/mol. The number of methoxy groups -OCH3 is 1. The Labute approximate surface area is 184 Å². The molecule has 1 heterocycles. The largest absolute Gasteiger partial charge is 0.497 e. The molecule has 0 N–H and O–H groups in total. The molecule has 1 aliphatic heterocycles. The third-order valence-corrected chi connectivity index (χ3v) is 5.32. The van der Waals surface area contributed by atoms with Crippen LogP contribution in [0.15, 0.2) is 89.9 Å². The third kappa shape index (κ3) is 5.97. The van der Waals surface area contributed by atoms with Crippen molar-refractivity contribution < 1.29 is 4.74 Å². The summed E-state index contributed by atoms with van der Waals surface area (Å²) in [7, 11) is 1.67. The van der Waals surface area contributed by atoms with E-state index in [4.69, 9.17) is 9.73 Å². The molecule has 1 fully saturated rings. The van der Waals surface area contributed by atoms with Gasteiger partial charge in [-0.3, -0.25) is 4.90 Å². The van der Waals surface area contributed by atoms with Gasteiger partial charge in [0.2, 0.25) is 0 Å². The Morgan fingerprint density at radius 1 is 0.839 bits per heavy atom. The van der Waals surface area contributed by atoms with Gasteiger partial charge in [0, 0.05) is 38.3 Å². The Morgan fingerprint density at radius 3 is 2.13 bits per heavy atom. The summed E-state index contributed by atoms with van der Waals surface area (Å²) in [6.45, 7) is 4.78. The maximum Gasteiger partial charge on any atom is 0.182 e. The van der Waals surface area contributed by atoms with Crippen LogP contribution in [0.4, 0.5) is 5.69 Å². The number of rotatable bonds is 4. The lowest BCUT2D eigenvalue weighted by atomic mass is 10.2. The lowest BCUT2D eigenvalue weighted by Crippen LogP contribution is -2.48. The fourth-order valence-corrected chi connectivity index (χ4v) is 3.57. The summed E-state index contributed by atoms with van der Waals surface area (Å²) in [4.78, 5) is 9.66. The topological polar surface area (TPSA) is 28.1 Å². The number of nitrogens with zero attached hydrogens (tertiary/aromatic N) is 3. The van der Waals surface area contributed by atoms with Gasteiger partial charge in [-0.05, 0) is 47.9 Å². The maximum absolute atomic E-state index is 5.26. The number of hydrogen-bond donors (Lipinski definition) is 0. The molecule has 0 saturated carbocycles. The van der Waals surface area contributed by atoms with E-state index in [1.165, 1.54) is 5.56 Å². The van der Waals surface area contributed by atoms with Crippen LogP contribution in [0.3, 0.4) is 0 Å². The molecule has 0 spiro atoms. The summed E-state index contributed by atoms with van der Waals surface area (Å²) < 4.78 is 5.26. The molecule has 156 valence electrons. The lowest BCUT2D eigenvalue weighted by Gasteiger charge is -2.35. The molecule has 0 atom stereocenters. The quantitative estimate of drug-likeness (QED) is 0.358. The number of ether oxygens (including phenoxy) is 1. The monoisotopic (exact) mass is 409 g/mol. The standard InChI is InChI=1S/C27H27N3O/c1-31-26-15-13-25(14-16-26)28-27(17-12-23-8-4-2-5-9-23)30-20-18-29(19-21-30)22-24-10-6-3-7-11-24/h2-11,13-16H,18-22H2,1H3. The Kier molecular flexibility index (Phi) is 7.00. The van der Waals surface area contributed by atoms with Crippen molar-refractivity contribution in [3.05, 3.63) is 96.1 Å². The molecule has 4 nitrogen and oxygen atoms in total. The van der Waals surface area contributed by atoms with Crippen LogP contribution in [0.2, 0.25) is 0 Å². The first kappa shape index (κ1) is 20.7. The van der Waals surface area contributed by atoms with Crippen LogP contribution in [-0.4, -0.2) is 48.9 Å². The van der Waals surface area contributed by atoms with E-state index in [1.54, 1.807) is 7.11 Å². The molecular formula is C27H27N3O. The number of piperazine rings is 1. The van der Waals surface area contributed by atoms with Crippen LogP contribution in [-0.2, 0) is 6.54 Å². The predicted octanol–water partition coefficient (Wildman–Crippen LogP) is 4.59. The molecule has 0 radical (unpaired) electrons. The van der Waals surface area contributed by atoms with Gasteiger partial charge in [0.05, 0.1) is 12.8 Å². The molecule has 4 rings (SSSR count). The fraction of sp³-hybridized carbons (Fsp3) is 0.222. The minimum Gasteiger partial charge on any atom is -0.497 e. The van der Waals surface area contributed by atoms with Crippen molar-refractivity contribution in [2.45, 2.75) is 6.54 Å². The molecule has 0 unspecified atom stereocenters. The summed E-state index contributed by atoms with van der Waals surface area (Å²) in [6.07, 6.45) is 0. The van der Waals surface area contributed by atoms with Gasteiger partial charge in [0.1, 0.15) is 5.75 Å². The van der Waals surface area contributed by atoms with Crippen LogP contribution in [0.5, 0.6) is 5.75 Å². The molecule has 0 aliphatic carbocycles. The van der Waals surface area contributed by atoms with Gasteiger partial charge in [-0.1, -0.05) is 54.5 Å². The Balaban J connectivity index is 1.50. The Hall–Kier alpha value is -3.55. The smallest absolute Gasteiger partial charge is 0.182 e. The van der Waals surface area contributed by atoms with E-state index in [-0.39, 0.29) is 0 Å². The van der Waals surface area contributed by atoms with Gasteiger partial charge in [-0.2, -0.15) is 0 Å². The minimum atomic E-state index is 0.813. The van der Waals surface area contributed by atoms with E-state index in [0.29, 0.717) is 0 Å². The summed E-state index contributed by atoms with van der Waals surface area (Å²) in [5.74, 6) is 8.24. The van der Waals surface area contributed by atoms with E-state index < -0.39 is 0 Å². The van der Waals surface area contributed by atoms with Crippen molar-refractivity contribution in [1.29, 1.82) is 0 Å². The maximum atomic E-state index is 5.26. The second-order valence-corrected chi connectivity index (χ2v) is 7.50. The van der Waals surface area contributed by atoms with Gasteiger partial charge in [0.25, 0.3) is 0 Å². The highest BCUT2D eigenvalue weighted by Crippen LogP contribution is 2.19. The second kappa shape index (κ2) is 10.5. The summed E-state index contributed by atoms with van der Waals surface area (Å²) in [5, 5.41) is 0. The Morgan fingerprint density at radius 2 is 1.48 bits per heavy atom.